The second-order valence-corrected chi connectivity index (χ2v) is 8.28. The van der Waals surface area contributed by atoms with Gasteiger partial charge in [0.1, 0.15) is 0 Å². The molecule has 0 aromatic heterocycles. The van der Waals surface area contributed by atoms with Gasteiger partial charge in [0.15, 0.2) is 0 Å². The highest BCUT2D eigenvalue weighted by Crippen LogP contribution is 2.62. The van der Waals surface area contributed by atoms with Crippen molar-refractivity contribution in [1.29, 1.82) is 0 Å². The Labute approximate surface area is 117 Å². The van der Waals surface area contributed by atoms with Gasteiger partial charge in [-0.3, -0.25) is 4.79 Å². The Kier molecular flexibility index (Phi) is 3.18. The fourth-order valence-corrected chi connectivity index (χ4v) is 5.99. The molecule has 0 aromatic rings. The van der Waals surface area contributed by atoms with Crippen molar-refractivity contribution in [3.8, 4) is 0 Å². The lowest BCUT2D eigenvalue weighted by atomic mass is 9.45. The molecule has 0 aromatic carbocycles. The van der Waals surface area contributed by atoms with Crippen molar-refractivity contribution >= 4 is 5.97 Å². The fraction of sp³-hybridized carbons (Fsp3) is 0.941. The maximum absolute atomic E-state index is 11.0. The third kappa shape index (κ3) is 2.21. The molecule has 0 aliphatic heterocycles. The van der Waals surface area contributed by atoms with Crippen molar-refractivity contribution in [1.82, 2.24) is 0 Å². The number of hydrogen-bond acceptors (Lipinski definition) is 1. The lowest BCUT2D eigenvalue weighted by Gasteiger charge is -2.60. The first-order valence-corrected chi connectivity index (χ1v) is 8.09. The Morgan fingerprint density at radius 2 is 1.58 bits per heavy atom. The van der Waals surface area contributed by atoms with Crippen LogP contribution in [-0.2, 0) is 4.79 Å². The smallest absolute Gasteiger partial charge is 0.303 e. The molecule has 0 radical (unpaired) electrons. The summed E-state index contributed by atoms with van der Waals surface area (Å²) in [4.78, 5) is 11.0. The predicted octanol–water partition coefficient (Wildman–Crippen LogP) is 4.20. The molecule has 108 valence electrons. The summed E-state index contributed by atoms with van der Waals surface area (Å²) in [7, 11) is 0. The Hall–Kier alpha value is -0.530. The molecule has 4 aliphatic rings. The number of carbonyl (C=O) groups is 1. The predicted molar refractivity (Wildman–Crippen MR) is 75.7 cm³/mol. The molecular formula is C17H28O2. The molecule has 1 N–H and O–H groups in total. The molecule has 2 nitrogen and oxygen atoms in total. The summed E-state index contributed by atoms with van der Waals surface area (Å²) in [5, 5.41) is 9.10. The highest BCUT2D eigenvalue weighted by molar-refractivity contribution is 5.67. The summed E-state index contributed by atoms with van der Waals surface area (Å²) in [6, 6.07) is 0. The minimum atomic E-state index is -0.635. The summed E-state index contributed by atoms with van der Waals surface area (Å²) in [5.74, 6) is 4.21. The van der Waals surface area contributed by atoms with Gasteiger partial charge in [-0.2, -0.15) is 0 Å². The Bertz CT molecular complexity index is 343. The van der Waals surface area contributed by atoms with Crippen molar-refractivity contribution in [2.45, 2.75) is 59.3 Å². The van der Waals surface area contributed by atoms with E-state index in [1.807, 2.05) is 0 Å². The molecule has 2 heteroatoms. The minimum Gasteiger partial charge on any atom is -0.481 e. The third-order valence-corrected chi connectivity index (χ3v) is 6.84. The van der Waals surface area contributed by atoms with Crippen molar-refractivity contribution in [2.75, 3.05) is 0 Å². The summed E-state index contributed by atoms with van der Waals surface area (Å²) < 4.78 is 0. The number of carboxylic acid groups (broad SMARTS) is 1. The van der Waals surface area contributed by atoms with Crippen LogP contribution in [0.4, 0.5) is 0 Å². The number of rotatable bonds is 4. The van der Waals surface area contributed by atoms with Gasteiger partial charge in [-0.1, -0.05) is 20.8 Å². The van der Waals surface area contributed by atoms with Crippen LogP contribution >= 0.6 is 0 Å². The van der Waals surface area contributed by atoms with E-state index in [0.29, 0.717) is 6.42 Å². The summed E-state index contributed by atoms with van der Waals surface area (Å²) in [6.07, 6.45) is 7.55. The van der Waals surface area contributed by atoms with Gasteiger partial charge in [-0.15, -0.1) is 0 Å². The van der Waals surface area contributed by atoms with E-state index in [1.54, 1.807) is 0 Å². The van der Waals surface area contributed by atoms with Crippen molar-refractivity contribution in [2.24, 2.45) is 40.9 Å². The summed E-state index contributed by atoms with van der Waals surface area (Å²) >= 11 is 0. The van der Waals surface area contributed by atoms with Crippen LogP contribution in [0.2, 0.25) is 0 Å². The zero-order valence-electron chi connectivity index (χ0n) is 12.6. The van der Waals surface area contributed by atoms with Crippen LogP contribution in [0.1, 0.15) is 59.3 Å². The monoisotopic (exact) mass is 264 g/mol. The lowest BCUT2D eigenvalue weighted by Crippen LogP contribution is -2.52. The third-order valence-electron chi connectivity index (χ3n) is 6.84. The number of aliphatic carboxylic acids is 1. The van der Waals surface area contributed by atoms with Crippen molar-refractivity contribution in [3.63, 3.8) is 0 Å². The highest BCUT2D eigenvalue weighted by Gasteiger charge is 2.53. The van der Waals surface area contributed by atoms with Crippen molar-refractivity contribution < 1.29 is 9.90 Å². The molecule has 0 spiro atoms. The maximum Gasteiger partial charge on any atom is 0.303 e. The van der Waals surface area contributed by atoms with E-state index in [9.17, 15) is 4.79 Å². The topological polar surface area (TPSA) is 37.3 Å². The average Bonchev–Trinajstić information content (AvgIpc) is 2.25. The van der Waals surface area contributed by atoms with Gasteiger partial charge in [0.05, 0.1) is 0 Å². The summed E-state index contributed by atoms with van der Waals surface area (Å²) in [6.45, 7) is 6.83. The van der Waals surface area contributed by atoms with Gasteiger partial charge < -0.3 is 5.11 Å². The van der Waals surface area contributed by atoms with Crippen molar-refractivity contribution in [3.05, 3.63) is 0 Å². The average molecular weight is 264 g/mol. The molecule has 1 atom stereocenters. The zero-order valence-corrected chi connectivity index (χ0v) is 12.6. The largest absolute Gasteiger partial charge is 0.481 e. The second kappa shape index (κ2) is 4.49. The normalized spacial score (nSPS) is 42.4. The van der Waals surface area contributed by atoms with Crippen LogP contribution in [0.5, 0.6) is 0 Å². The van der Waals surface area contributed by atoms with Gasteiger partial charge in [-0.25, -0.2) is 0 Å². The van der Waals surface area contributed by atoms with E-state index in [1.165, 1.54) is 32.1 Å². The summed E-state index contributed by atoms with van der Waals surface area (Å²) in [5.41, 5.74) is 0.182. The Morgan fingerprint density at radius 3 is 2.00 bits per heavy atom. The minimum absolute atomic E-state index is 0.182. The van der Waals surface area contributed by atoms with Crippen LogP contribution in [0, 0.1) is 40.9 Å². The van der Waals surface area contributed by atoms with Crippen LogP contribution in [-0.4, -0.2) is 11.1 Å². The molecular weight excluding hydrogens is 236 g/mol. The highest BCUT2D eigenvalue weighted by atomic mass is 16.4. The van der Waals surface area contributed by atoms with E-state index in [2.05, 4.69) is 20.8 Å². The first-order valence-electron chi connectivity index (χ1n) is 8.09. The molecule has 4 saturated carbocycles. The van der Waals surface area contributed by atoms with Gasteiger partial charge in [0.2, 0.25) is 0 Å². The molecule has 19 heavy (non-hydrogen) atoms. The van der Waals surface area contributed by atoms with Crippen LogP contribution in [0.3, 0.4) is 0 Å². The van der Waals surface area contributed by atoms with E-state index < -0.39 is 5.97 Å². The molecule has 4 rings (SSSR count). The van der Waals surface area contributed by atoms with E-state index in [-0.39, 0.29) is 11.3 Å². The Morgan fingerprint density at radius 1 is 1.11 bits per heavy atom. The first-order chi connectivity index (χ1) is 8.88. The van der Waals surface area contributed by atoms with Crippen LogP contribution in [0.25, 0.3) is 0 Å². The van der Waals surface area contributed by atoms with Gasteiger partial charge in [-0.05, 0) is 73.0 Å². The van der Waals surface area contributed by atoms with E-state index >= 15 is 0 Å². The molecule has 0 heterocycles. The Balaban J connectivity index is 1.79. The van der Waals surface area contributed by atoms with Gasteiger partial charge in [0, 0.05) is 6.42 Å². The van der Waals surface area contributed by atoms with Gasteiger partial charge >= 0.3 is 5.97 Å². The maximum atomic E-state index is 11.0. The SMILES string of the molecule is CC(CC(=O)O)C(C)(C)C1C2CC3CC(C2)CC1C3. The molecule has 4 bridgehead atoms. The lowest BCUT2D eigenvalue weighted by molar-refractivity contribution is -0.142. The zero-order chi connectivity index (χ0) is 13.8. The van der Waals surface area contributed by atoms with Crippen LogP contribution in [0.15, 0.2) is 0 Å². The molecule has 0 amide bonds. The molecule has 0 saturated heterocycles. The molecule has 1 unspecified atom stereocenters. The van der Waals surface area contributed by atoms with Gasteiger partial charge in [0.25, 0.3) is 0 Å². The van der Waals surface area contributed by atoms with Crippen LogP contribution < -0.4 is 0 Å². The number of carboxylic acids is 1. The quantitative estimate of drug-likeness (QED) is 0.826. The van der Waals surface area contributed by atoms with E-state index in [0.717, 1.165) is 29.6 Å². The number of hydrogen-bond donors (Lipinski definition) is 1. The molecule has 4 aliphatic carbocycles. The van der Waals surface area contributed by atoms with E-state index in [4.69, 9.17) is 5.11 Å². The fourth-order valence-electron chi connectivity index (χ4n) is 5.99. The first kappa shape index (κ1) is 13.5. The molecule has 4 fully saturated rings. The standard InChI is InChI=1S/C17H28O2/c1-10(4-15(18)19)17(2,3)16-13-6-11-5-12(8-13)9-14(16)7-11/h10-14,16H,4-9H2,1-3H3,(H,18,19). The second-order valence-electron chi connectivity index (χ2n) is 8.28.